The number of aliphatic imine (C=N–C) groups is 1. The van der Waals surface area contributed by atoms with Crippen molar-refractivity contribution in [2.24, 2.45) is 4.99 Å². The minimum absolute atomic E-state index is 0.291. The van der Waals surface area contributed by atoms with Crippen molar-refractivity contribution < 1.29 is 4.52 Å². The fraction of sp³-hybridized carbons (Fsp3) is 0.824. The molecule has 132 valence electrons. The summed E-state index contributed by atoms with van der Waals surface area (Å²) in [6, 6.07) is 0.426. The highest BCUT2D eigenvalue weighted by atomic mass is 16.5. The van der Waals surface area contributed by atoms with Gasteiger partial charge in [-0.3, -0.25) is 4.99 Å². The average Bonchev–Trinajstić information content (AvgIpc) is 2.97. The molecule has 6 nitrogen and oxygen atoms in total. The molecule has 0 spiro atoms. The van der Waals surface area contributed by atoms with Gasteiger partial charge >= 0.3 is 0 Å². The largest absolute Gasteiger partial charge is 0.357 e. The van der Waals surface area contributed by atoms with Crippen LogP contribution in [0.25, 0.3) is 0 Å². The topological polar surface area (TPSA) is 75.3 Å². The van der Waals surface area contributed by atoms with Gasteiger partial charge in [0.1, 0.15) is 0 Å². The molecule has 6 heteroatoms. The highest BCUT2D eigenvalue weighted by Gasteiger charge is 2.09. The first-order valence-corrected chi connectivity index (χ1v) is 8.94. The Hall–Kier alpha value is -1.59. The van der Waals surface area contributed by atoms with Crippen LogP contribution >= 0.6 is 0 Å². The highest BCUT2D eigenvalue weighted by Crippen LogP contribution is 2.09. The zero-order chi connectivity index (χ0) is 17.1. The van der Waals surface area contributed by atoms with Gasteiger partial charge in [-0.25, -0.2) is 0 Å². The molecule has 1 atom stereocenters. The van der Waals surface area contributed by atoms with Gasteiger partial charge in [0, 0.05) is 24.9 Å². The molecule has 1 unspecified atom stereocenters. The number of guanidine groups is 1. The molecule has 1 heterocycles. The lowest BCUT2D eigenvalue weighted by molar-refractivity contribution is 0.372. The third-order valence-electron chi connectivity index (χ3n) is 3.56. The number of rotatable bonds is 10. The summed E-state index contributed by atoms with van der Waals surface area (Å²) in [5.74, 6) is 2.57. The lowest BCUT2D eigenvalue weighted by Gasteiger charge is -2.17. The molecule has 0 bridgehead atoms. The number of nitrogens with one attached hydrogen (secondary N) is 2. The summed E-state index contributed by atoms with van der Waals surface area (Å²) in [5.41, 5.74) is 0. The predicted octanol–water partition coefficient (Wildman–Crippen LogP) is 3.26. The van der Waals surface area contributed by atoms with E-state index in [1.54, 1.807) is 0 Å². The minimum Gasteiger partial charge on any atom is -0.357 e. The molecule has 0 aromatic carbocycles. The van der Waals surface area contributed by atoms with E-state index in [0.29, 0.717) is 30.8 Å². The molecule has 0 saturated carbocycles. The fourth-order valence-electron chi connectivity index (χ4n) is 2.19. The van der Waals surface area contributed by atoms with Crippen molar-refractivity contribution in [3.05, 3.63) is 11.7 Å². The van der Waals surface area contributed by atoms with E-state index in [2.05, 4.69) is 60.4 Å². The van der Waals surface area contributed by atoms with Gasteiger partial charge in [0.25, 0.3) is 0 Å². The van der Waals surface area contributed by atoms with Gasteiger partial charge in [-0.15, -0.1) is 0 Å². The molecule has 23 heavy (non-hydrogen) atoms. The maximum absolute atomic E-state index is 5.24. The second-order valence-electron chi connectivity index (χ2n) is 6.25. The lowest BCUT2D eigenvalue weighted by Crippen LogP contribution is -2.42. The molecular formula is C17H33N5O. The second-order valence-corrected chi connectivity index (χ2v) is 6.25. The van der Waals surface area contributed by atoms with Gasteiger partial charge in [-0.2, -0.15) is 4.98 Å². The summed E-state index contributed by atoms with van der Waals surface area (Å²) < 4.78 is 5.24. The maximum atomic E-state index is 5.24. The van der Waals surface area contributed by atoms with Gasteiger partial charge < -0.3 is 15.2 Å². The standard InChI is InChI=1S/C17H33N5O/c1-6-8-9-10-14(5)20-17(18-7-2)19-12-11-15-21-16(13(3)4)22-23-15/h13-14H,6-12H2,1-5H3,(H2,18,19,20). The van der Waals surface area contributed by atoms with Crippen LogP contribution < -0.4 is 10.6 Å². The molecule has 0 radical (unpaired) electrons. The number of nitrogens with zero attached hydrogens (tertiary/aromatic N) is 3. The van der Waals surface area contributed by atoms with Crippen molar-refractivity contribution in [3.63, 3.8) is 0 Å². The molecule has 0 aliphatic heterocycles. The van der Waals surface area contributed by atoms with Crippen molar-refractivity contribution in [1.82, 2.24) is 20.8 Å². The molecule has 1 rings (SSSR count). The minimum atomic E-state index is 0.291. The van der Waals surface area contributed by atoms with Crippen LogP contribution in [-0.2, 0) is 6.42 Å². The quantitative estimate of drug-likeness (QED) is 0.393. The Morgan fingerprint density at radius 3 is 2.61 bits per heavy atom. The van der Waals surface area contributed by atoms with Gasteiger partial charge in [-0.05, 0) is 20.3 Å². The predicted molar refractivity (Wildman–Crippen MR) is 94.8 cm³/mol. The molecule has 0 aliphatic rings. The van der Waals surface area contributed by atoms with Gasteiger partial charge in [0.2, 0.25) is 5.89 Å². The summed E-state index contributed by atoms with van der Waals surface area (Å²) in [5, 5.41) is 10.7. The number of hydrogen-bond acceptors (Lipinski definition) is 4. The van der Waals surface area contributed by atoms with Crippen LogP contribution in [0.3, 0.4) is 0 Å². The molecule has 1 aromatic rings. The molecular weight excluding hydrogens is 290 g/mol. The Bertz CT molecular complexity index is 456. The number of hydrogen-bond donors (Lipinski definition) is 2. The molecule has 0 aliphatic carbocycles. The van der Waals surface area contributed by atoms with Crippen LogP contribution in [0.4, 0.5) is 0 Å². The molecule has 2 N–H and O–H groups in total. The van der Waals surface area contributed by atoms with Crippen LogP contribution in [0.15, 0.2) is 9.52 Å². The Morgan fingerprint density at radius 1 is 1.22 bits per heavy atom. The Morgan fingerprint density at radius 2 is 2.00 bits per heavy atom. The van der Waals surface area contributed by atoms with Crippen molar-refractivity contribution in [1.29, 1.82) is 0 Å². The molecule has 1 aromatic heterocycles. The molecule has 0 fully saturated rings. The van der Waals surface area contributed by atoms with E-state index in [0.717, 1.165) is 18.3 Å². The third-order valence-corrected chi connectivity index (χ3v) is 3.56. The summed E-state index contributed by atoms with van der Waals surface area (Å²) >= 11 is 0. The summed E-state index contributed by atoms with van der Waals surface area (Å²) in [7, 11) is 0. The second kappa shape index (κ2) is 11.0. The Labute approximate surface area is 140 Å². The van der Waals surface area contributed by atoms with E-state index in [4.69, 9.17) is 4.52 Å². The third kappa shape index (κ3) is 8.00. The smallest absolute Gasteiger partial charge is 0.228 e. The first-order chi connectivity index (χ1) is 11.1. The summed E-state index contributed by atoms with van der Waals surface area (Å²) in [4.78, 5) is 8.97. The lowest BCUT2D eigenvalue weighted by atomic mass is 10.1. The van der Waals surface area contributed by atoms with Crippen LogP contribution in [0.5, 0.6) is 0 Å². The first kappa shape index (κ1) is 19.5. The van der Waals surface area contributed by atoms with E-state index in [1.165, 1.54) is 25.7 Å². The van der Waals surface area contributed by atoms with E-state index in [1.807, 2.05) is 0 Å². The van der Waals surface area contributed by atoms with E-state index in [9.17, 15) is 0 Å². The Kier molecular flexibility index (Phi) is 9.33. The van der Waals surface area contributed by atoms with Crippen LogP contribution in [0.1, 0.15) is 77.9 Å². The Balaban J connectivity index is 2.43. The van der Waals surface area contributed by atoms with Crippen LogP contribution in [0.2, 0.25) is 0 Å². The van der Waals surface area contributed by atoms with E-state index >= 15 is 0 Å². The van der Waals surface area contributed by atoms with E-state index in [-0.39, 0.29) is 0 Å². The van der Waals surface area contributed by atoms with Crippen LogP contribution in [0, 0.1) is 0 Å². The monoisotopic (exact) mass is 323 g/mol. The SMILES string of the molecule is CCCCCC(C)NC(=NCCc1nc(C(C)C)no1)NCC. The van der Waals surface area contributed by atoms with Gasteiger partial charge in [0.15, 0.2) is 11.8 Å². The maximum Gasteiger partial charge on any atom is 0.228 e. The van der Waals surface area contributed by atoms with Gasteiger partial charge in [-0.1, -0.05) is 45.2 Å². The highest BCUT2D eigenvalue weighted by molar-refractivity contribution is 5.80. The van der Waals surface area contributed by atoms with Crippen molar-refractivity contribution in [3.8, 4) is 0 Å². The van der Waals surface area contributed by atoms with E-state index < -0.39 is 0 Å². The number of aromatic nitrogens is 2. The average molecular weight is 323 g/mol. The van der Waals surface area contributed by atoms with Crippen molar-refractivity contribution in [2.45, 2.75) is 78.7 Å². The normalized spacial score (nSPS) is 13.4. The summed E-state index contributed by atoms with van der Waals surface area (Å²) in [6.45, 7) is 12.1. The van der Waals surface area contributed by atoms with Crippen molar-refractivity contribution >= 4 is 5.96 Å². The summed E-state index contributed by atoms with van der Waals surface area (Å²) in [6.07, 6.45) is 5.63. The van der Waals surface area contributed by atoms with Crippen molar-refractivity contribution in [2.75, 3.05) is 13.1 Å². The molecule has 0 amide bonds. The fourth-order valence-corrected chi connectivity index (χ4v) is 2.19. The zero-order valence-electron chi connectivity index (χ0n) is 15.4. The number of unbranched alkanes of at least 4 members (excludes halogenated alkanes) is 2. The molecule has 0 saturated heterocycles. The van der Waals surface area contributed by atoms with Gasteiger partial charge in [0.05, 0.1) is 6.54 Å². The zero-order valence-corrected chi connectivity index (χ0v) is 15.4. The first-order valence-electron chi connectivity index (χ1n) is 8.94. The van der Waals surface area contributed by atoms with Crippen LogP contribution in [-0.4, -0.2) is 35.2 Å².